The summed E-state index contributed by atoms with van der Waals surface area (Å²) in [5.41, 5.74) is -0.589. The molecule has 1 heterocycles. The third-order valence-electron chi connectivity index (χ3n) is 4.61. The summed E-state index contributed by atoms with van der Waals surface area (Å²) in [5, 5.41) is 16.4. The van der Waals surface area contributed by atoms with Gasteiger partial charge in [-0.05, 0) is 31.2 Å². The number of nitro benzene ring substituents is 1. The van der Waals surface area contributed by atoms with Crippen molar-refractivity contribution in [2.24, 2.45) is 5.10 Å². The first-order valence-electron chi connectivity index (χ1n) is 9.37. The largest absolute Gasteiger partial charge is 0.497 e. The molecule has 31 heavy (non-hydrogen) atoms. The number of hydrazone groups is 1. The van der Waals surface area contributed by atoms with Crippen molar-refractivity contribution in [1.29, 1.82) is 0 Å². The first-order chi connectivity index (χ1) is 14.9. The highest BCUT2D eigenvalue weighted by molar-refractivity contribution is 6.47. The van der Waals surface area contributed by atoms with E-state index < -0.39 is 34.3 Å². The fourth-order valence-electron chi connectivity index (χ4n) is 3.11. The Balaban J connectivity index is 2.01. The molecule has 1 atom stereocenters. The monoisotopic (exact) mass is 425 g/mol. The number of Topliss-reactive ketones (excluding diaryl/α,β-unsaturated/α-hetero) is 1. The van der Waals surface area contributed by atoms with Gasteiger partial charge in [0, 0.05) is 18.1 Å². The number of nitro groups is 1. The van der Waals surface area contributed by atoms with Gasteiger partial charge in [-0.25, -0.2) is 9.80 Å². The molecular formula is C21H19N3O7. The smallest absolute Gasteiger partial charge is 0.331 e. The van der Waals surface area contributed by atoms with Crippen LogP contribution >= 0.6 is 0 Å². The van der Waals surface area contributed by atoms with Gasteiger partial charge in [0.15, 0.2) is 6.04 Å². The zero-order valence-corrected chi connectivity index (χ0v) is 16.8. The lowest BCUT2D eigenvalue weighted by Crippen LogP contribution is -2.39. The van der Waals surface area contributed by atoms with Gasteiger partial charge in [-0.2, -0.15) is 5.10 Å². The van der Waals surface area contributed by atoms with Crippen LogP contribution in [0.1, 0.15) is 34.1 Å². The number of carbonyl (C=O) groups is 3. The van der Waals surface area contributed by atoms with Crippen molar-refractivity contribution >= 4 is 29.1 Å². The Kier molecular flexibility index (Phi) is 6.39. The zero-order valence-electron chi connectivity index (χ0n) is 16.8. The molecule has 10 heteroatoms. The predicted octanol–water partition coefficient (Wildman–Crippen LogP) is 2.62. The third kappa shape index (κ3) is 4.42. The standard InChI is InChI=1S/C21H19N3O7/c1-3-31-21(27)18-12-16(22-23(18)20(26)13-7-5-4-6-8-13)19(25)15-11-14(30-2)9-10-17(15)24(28)29/h4-11,18H,3,12H2,1-2H3. The first-order valence-corrected chi connectivity index (χ1v) is 9.37. The van der Waals surface area contributed by atoms with Crippen LogP contribution in [0.25, 0.3) is 0 Å². The van der Waals surface area contributed by atoms with E-state index in [1.807, 2.05) is 0 Å². The molecule has 2 aromatic rings. The molecule has 1 aliphatic rings. The summed E-state index contributed by atoms with van der Waals surface area (Å²) < 4.78 is 10.1. The second kappa shape index (κ2) is 9.16. The summed E-state index contributed by atoms with van der Waals surface area (Å²) in [6, 6.07) is 10.7. The summed E-state index contributed by atoms with van der Waals surface area (Å²) in [6.45, 7) is 1.69. The Morgan fingerprint density at radius 1 is 1.19 bits per heavy atom. The summed E-state index contributed by atoms with van der Waals surface area (Å²) in [5.74, 6) is -1.85. The Hall–Kier alpha value is -4.08. The molecule has 1 aliphatic heterocycles. The number of ketones is 1. The third-order valence-corrected chi connectivity index (χ3v) is 4.61. The number of esters is 1. The molecule has 0 fully saturated rings. The lowest BCUT2D eigenvalue weighted by Gasteiger charge is -2.19. The molecule has 160 valence electrons. The van der Waals surface area contributed by atoms with Crippen LogP contribution in [-0.4, -0.2) is 53.1 Å². The molecule has 0 aliphatic carbocycles. The van der Waals surface area contributed by atoms with Gasteiger partial charge >= 0.3 is 5.97 Å². The number of rotatable bonds is 7. The van der Waals surface area contributed by atoms with Crippen LogP contribution in [0.15, 0.2) is 53.6 Å². The van der Waals surface area contributed by atoms with Gasteiger partial charge in [0.2, 0.25) is 5.78 Å². The summed E-state index contributed by atoms with van der Waals surface area (Å²) in [6.07, 6.45) is -0.232. The van der Waals surface area contributed by atoms with Crippen molar-refractivity contribution in [1.82, 2.24) is 5.01 Å². The molecular weight excluding hydrogens is 406 g/mol. The Morgan fingerprint density at radius 3 is 2.52 bits per heavy atom. The van der Waals surface area contributed by atoms with Crippen LogP contribution in [0.4, 0.5) is 5.69 Å². The van der Waals surface area contributed by atoms with E-state index in [2.05, 4.69) is 5.10 Å². The molecule has 0 saturated heterocycles. The van der Waals surface area contributed by atoms with Crippen molar-refractivity contribution < 1.29 is 28.8 Å². The highest BCUT2D eigenvalue weighted by Gasteiger charge is 2.41. The van der Waals surface area contributed by atoms with Gasteiger partial charge in [-0.15, -0.1) is 0 Å². The van der Waals surface area contributed by atoms with E-state index in [4.69, 9.17) is 9.47 Å². The van der Waals surface area contributed by atoms with E-state index in [0.717, 1.165) is 11.1 Å². The predicted molar refractivity (Wildman–Crippen MR) is 109 cm³/mol. The van der Waals surface area contributed by atoms with Gasteiger partial charge in [0.25, 0.3) is 11.6 Å². The van der Waals surface area contributed by atoms with E-state index in [1.165, 1.54) is 19.2 Å². The highest BCUT2D eigenvalue weighted by Crippen LogP contribution is 2.28. The molecule has 0 saturated carbocycles. The maximum absolute atomic E-state index is 13.1. The van der Waals surface area contributed by atoms with Crippen LogP contribution in [-0.2, 0) is 9.53 Å². The van der Waals surface area contributed by atoms with Crippen molar-refractivity contribution in [2.45, 2.75) is 19.4 Å². The van der Waals surface area contributed by atoms with E-state index >= 15 is 0 Å². The van der Waals surface area contributed by atoms with Gasteiger partial charge in [0.1, 0.15) is 17.0 Å². The quantitative estimate of drug-likeness (QED) is 0.289. The highest BCUT2D eigenvalue weighted by atomic mass is 16.6. The number of benzene rings is 2. The second-order valence-electron chi connectivity index (χ2n) is 6.50. The zero-order chi connectivity index (χ0) is 22.5. The number of ether oxygens (including phenoxy) is 2. The van der Waals surface area contributed by atoms with Gasteiger partial charge in [-0.3, -0.25) is 19.7 Å². The number of carbonyl (C=O) groups excluding carboxylic acids is 3. The van der Waals surface area contributed by atoms with Crippen molar-refractivity contribution in [3.8, 4) is 5.75 Å². The number of hydrogen-bond donors (Lipinski definition) is 0. The van der Waals surface area contributed by atoms with E-state index in [0.29, 0.717) is 0 Å². The molecule has 0 radical (unpaired) electrons. The SMILES string of the molecule is CCOC(=O)C1CC(C(=O)c2cc(OC)ccc2[N+](=O)[O-])=NN1C(=O)c1ccccc1. The molecule has 0 spiro atoms. The fraction of sp³-hybridized carbons (Fsp3) is 0.238. The fourth-order valence-corrected chi connectivity index (χ4v) is 3.11. The van der Waals surface area contributed by atoms with Crippen LogP contribution in [0.5, 0.6) is 5.75 Å². The van der Waals surface area contributed by atoms with Crippen LogP contribution in [0.3, 0.4) is 0 Å². The van der Waals surface area contributed by atoms with E-state index in [-0.39, 0.29) is 35.6 Å². The number of amides is 1. The van der Waals surface area contributed by atoms with Gasteiger partial charge in [-0.1, -0.05) is 18.2 Å². The van der Waals surface area contributed by atoms with Crippen LogP contribution in [0.2, 0.25) is 0 Å². The Bertz CT molecular complexity index is 1070. The molecule has 0 aromatic heterocycles. The summed E-state index contributed by atoms with van der Waals surface area (Å²) >= 11 is 0. The second-order valence-corrected chi connectivity index (χ2v) is 6.50. The topological polar surface area (TPSA) is 128 Å². The number of hydrogen-bond acceptors (Lipinski definition) is 8. The van der Waals surface area contributed by atoms with Gasteiger partial charge in [0.05, 0.1) is 18.6 Å². The maximum Gasteiger partial charge on any atom is 0.331 e. The van der Waals surface area contributed by atoms with Crippen molar-refractivity contribution in [2.75, 3.05) is 13.7 Å². The number of methoxy groups -OCH3 is 1. The lowest BCUT2D eigenvalue weighted by atomic mass is 10.00. The van der Waals surface area contributed by atoms with Gasteiger partial charge < -0.3 is 9.47 Å². The van der Waals surface area contributed by atoms with E-state index in [9.17, 15) is 24.5 Å². The summed E-state index contributed by atoms with van der Waals surface area (Å²) in [4.78, 5) is 49.1. The van der Waals surface area contributed by atoms with Crippen LogP contribution in [0, 0.1) is 10.1 Å². The first kappa shape index (κ1) is 21.6. The Morgan fingerprint density at radius 2 is 1.90 bits per heavy atom. The van der Waals surface area contributed by atoms with Crippen molar-refractivity contribution in [3.05, 3.63) is 69.8 Å². The minimum absolute atomic E-state index is 0.0767. The maximum atomic E-state index is 13.1. The molecule has 3 rings (SSSR count). The van der Waals surface area contributed by atoms with E-state index in [1.54, 1.807) is 37.3 Å². The molecule has 10 nitrogen and oxygen atoms in total. The molecule has 2 aromatic carbocycles. The van der Waals surface area contributed by atoms with Crippen LogP contribution < -0.4 is 4.74 Å². The normalized spacial score (nSPS) is 15.2. The Labute approximate surface area is 177 Å². The molecule has 0 N–H and O–H groups in total. The molecule has 1 amide bonds. The molecule has 0 bridgehead atoms. The minimum atomic E-state index is -1.16. The lowest BCUT2D eigenvalue weighted by molar-refractivity contribution is -0.385. The summed E-state index contributed by atoms with van der Waals surface area (Å²) in [7, 11) is 1.36. The number of nitrogens with zero attached hydrogens (tertiary/aromatic N) is 3. The van der Waals surface area contributed by atoms with Crippen molar-refractivity contribution in [3.63, 3.8) is 0 Å². The average Bonchev–Trinajstić information content (AvgIpc) is 3.24. The average molecular weight is 425 g/mol. The molecule has 1 unspecified atom stereocenters. The minimum Gasteiger partial charge on any atom is -0.497 e.